The lowest BCUT2D eigenvalue weighted by atomic mass is 9.84. The molecule has 0 spiro atoms. The number of imide groups is 1. The molecule has 5 nitrogen and oxygen atoms in total. The molecule has 33 heavy (non-hydrogen) atoms. The molecule has 3 aromatic rings. The number of carbonyl (C=O) groups excluding carboxylic acids is 3. The fraction of sp³-hybridized carbons (Fsp3) is 0.222. The van der Waals surface area contributed by atoms with Crippen molar-refractivity contribution in [1.29, 1.82) is 0 Å². The molecule has 0 saturated carbocycles. The van der Waals surface area contributed by atoms with E-state index in [9.17, 15) is 14.4 Å². The molecule has 4 rings (SSSR count). The van der Waals surface area contributed by atoms with Crippen molar-refractivity contribution in [3.05, 3.63) is 108 Å². The third kappa shape index (κ3) is 5.01. The van der Waals surface area contributed by atoms with E-state index in [4.69, 9.17) is 4.84 Å². The Hall–Kier alpha value is -3.38. The van der Waals surface area contributed by atoms with Crippen LogP contribution in [0.4, 0.5) is 0 Å². The zero-order valence-electron chi connectivity index (χ0n) is 18.2. The average molecular weight is 460 g/mol. The Kier molecular flexibility index (Phi) is 7.25. The van der Waals surface area contributed by atoms with Crippen molar-refractivity contribution in [2.24, 2.45) is 0 Å². The summed E-state index contributed by atoms with van der Waals surface area (Å²) in [5.41, 5.74) is 3.47. The van der Waals surface area contributed by atoms with E-state index in [0.717, 1.165) is 16.7 Å². The van der Waals surface area contributed by atoms with Crippen molar-refractivity contribution in [2.75, 3.05) is 5.75 Å². The number of amides is 2. The molecule has 0 aliphatic carbocycles. The van der Waals surface area contributed by atoms with E-state index < -0.39 is 22.5 Å². The van der Waals surface area contributed by atoms with Gasteiger partial charge in [0.2, 0.25) is 0 Å². The van der Waals surface area contributed by atoms with Crippen LogP contribution in [0.2, 0.25) is 0 Å². The second kappa shape index (κ2) is 10.5. The monoisotopic (exact) mass is 459 g/mol. The van der Waals surface area contributed by atoms with E-state index >= 15 is 0 Å². The van der Waals surface area contributed by atoms with Gasteiger partial charge in [-0.3, -0.25) is 9.59 Å². The Balaban J connectivity index is 1.54. The molecule has 168 valence electrons. The third-order valence-electron chi connectivity index (χ3n) is 5.58. The number of nitrogens with zero attached hydrogens (tertiary/aromatic N) is 1. The molecule has 0 unspecified atom stereocenters. The van der Waals surface area contributed by atoms with Gasteiger partial charge in [0, 0.05) is 19.3 Å². The highest BCUT2D eigenvalue weighted by molar-refractivity contribution is 8.00. The fourth-order valence-corrected chi connectivity index (χ4v) is 5.52. The summed E-state index contributed by atoms with van der Waals surface area (Å²) < 4.78 is -0.450. The quantitative estimate of drug-likeness (QED) is 0.253. The van der Waals surface area contributed by atoms with Gasteiger partial charge in [-0.15, -0.1) is 16.8 Å². The van der Waals surface area contributed by atoms with Crippen LogP contribution in [-0.4, -0.2) is 28.6 Å². The first-order valence-electron chi connectivity index (χ1n) is 11.0. The van der Waals surface area contributed by atoms with Gasteiger partial charge in [-0.05, 0) is 28.9 Å². The van der Waals surface area contributed by atoms with E-state index in [2.05, 4.69) is 36.4 Å². The van der Waals surface area contributed by atoms with Crippen LogP contribution in [-0.2, 0) is 24.0 Å². The van der Waals surface area contributed by atoms with Crippen molar-refractivity contribution >= 4 is 29.5 Å². The Morgan fingerprint density at radius 3 is 1.61 bits per heavy atom. The normalized spacial score (nSPS) is 13.9. The zero-order valence-corrected chi connectivity index (χ0v) is 19.0. The number of hydrogen-bond donors (Lipinski definition) is 0. The molecular formula is C27H25NO4S. The van der Waals surface area contributed by atoms with Crippen LogP contribution in [0.25, 0.3) is 0 Å². The molecule has 0 aromatic heterocycles. The van der Waals surface area contributed by atoms with E-state index in [-0.39, 0.29) is 19.3 Å². The maximum absolute atomic E-state index is 12.2. The smallest absolute Gasteiger partial charge is 0.330 e. The highest BCUT2D eigenvalue weighted by atomic mass is 32.2. The molecule has 6 heteroatoms. The highest BCUT2D eigenvalue weighted by Crippen LogP contribution is 2.48. The van der Waals surface area contributed by atoms with Gasteiger partial charge in [-0.1, -0.05) is 91.0 Å². The predicted octanol–water partition coefficient (Wildman–Crippen LogP) is 5.10. The minimum atomic E-state index is -0.566. The molecule has 2 amide bonds. The molecule has 1 heterocycles. The largest absolute Gasteiger partial charge is 0.333 e. The van der Waals surface area contributed by atoms with Crippen LogP contribution in [0, 0.1) is 0 Å². The van der Waals surface area contributed by atoms with Gasteiger partial charge in [0.05, 0.1) is 4.75 Å². The minimum Gasteiger partial charge on any atom is -0.330 e. The molecule has 1 aliphatic heterocycles. The molecule has 0 atom stereocenters. The van der Waals surface area contributed by atoms with Gasteiger partial charge < -0.3 is 4.84 Å². The molecule has 1 saturated heterocycles. The first-order valence-corrected chi connectivity index (χ1v) is 12.0. The standard InChI is InChI=1S/C27H25NO4S/c29-24-18-19-25(30)28(24)32-26(31)17-10-20-33-27(21-11-4-1-5-12-21,22-13-6-2-7-14-22)23-15-8-3-9-16-23/h1-9,11-16H,10,17-20H2. The molecule has 1 fully saturated rings. The summed E-state index contributed by atoms with van der Waals surface area (Å²) in [6.07, 6.45) is 0.859. The lowest BCUT2D eigenvalue weighted by Gasteiger charge is -2.35. The minimum absolute atomic E-state index is 0.0930. The van der Waals surface area contributed by atoms with Crippen molar-refractivity contribution < 1.29 is 19.2 Å². The highest BCUT2D eigenvalue weighted by Gasteiger charge is 2.37. The van der Waals surface area contributed by atoms with Crippen LogP contribution in [0.3, 0.4) is 0 Å². The van der Waals surface area contributed by atoms with Crippen LogP contribution in [0.5, 0.6) is 0 Å². The van der Waals surface area contributed by atoms with Crippen LogP contribution in [0.1, 0.15) is 42.4 Å². The second-order valence-corrected chi connectivity index (χ2v) is 9.09. The third-order valence-corrected chi connectivity index (χ3v) is 7.22. The lowest BCUT2D eigenvalue weighted by Crippen LogP contribution is -2.32. The molecular weight excluding hydrogens is 434 g/mol. The van der Waals surface area contributed by atoms with Crippen molar-refractivity contribution in [1.82, 2.24) is 5.06 Å². The topological polar surface area (TPSA) is 63.7 Å². The number of benzene rings is 3. The molecule has 3 aromatic carbocycles. The van der Waals surface area contributed by atoms with E-state index in [1.165, 1.54) is 0 Å². The van der Waals surface area contributed by atoms with E-state index in [0.29, 0.717) is 17.2 Å². The van der Waals surface area contributed by atoms with Crippen molar-refractivity contribution in [3.8, 4) is 0 Å². The Labute approximate surface area is 197 Å². The zero-order chi connectivity index (χ0) is 23.1. The van der Waals surface area contributed by atoms with Crippen molar-refractivity contribution in [3.63, 3.8) is 0 Å². The number of carbonyl (C=O) groups is 3. The number of thioether (sulfide) groups is 1. The maximum Gasteiger partial charge on any atom is 0.333 e. The van der Waals surface area contributed by atoms with Crippen LogP contribution >= 0.6 is 11.8 Å². The van der Waals surface area contributed by atoms with E-state index in [1.807, 2.05) is 54.6 Å². The van der Waals surface area contributed by atoms with E-state index in [1.54, 1.807) is 11.8 Å². The summed E-state index contributed by atoms with van der Waals surface area (Å²) in [7, 11) is 0. The molecule has 1 aliphatic rings. The van der Waals surface area contributed by atoms with Gasteiger partial charge >= 0.3 is 5.97 Å². The van der Waals surface area contributed by atoms with Gasteiger partial charge in [-0.2, -0.15) is 0 Å². The summed E-state index contributed by atoms with van der Waals surface area (Å²) in [5.74, 6) is -0.808. The van der Waals surface area contributed by atoms with Gasteiger partial charge in [0.15, 0.2) is 0 Å². The number of rotatable bonds is 9. The summed E-state index contributed by atoms with van der Waals surface area (Å²) in [4.78, 5) is 40.6. The average Bonchev–Trinajstić information content (AvgIpc) is 3.18. The first-order chi connectivity index (χ1) is 16.1. The fourth-order valence-electron chi connectivity index (χ4n) is 4.02. The number of hydroxylamine groups is 2. The Bertz CT molecular complexity index is 990. The first kappa shape index (κ1) is 22.8. The predicted molar refractivity (Wildman–Crippen MR) is 128 cm³/mol. The molecule has 0 radical (unpaired) electrons. The summed E-state index contributed by atoms with van der Waals surface area (Å²) in [6.45, 7) is 0. The molecule has 0 N–H and O–H groups in total. The maximum atomic E-state index is 12.2. The van der Waals surface area contributed by atoms with Crippen LogP contribution in [0.15, 0.2) is 91.0 Å². The summed E-state index contributed by atoms with van der Waals surface area (Å²) in [5, 5.41) is 0.609. The SMILES string of the molecule is O=C(CCCSC(c1ccccc1)(c1ccccc1)c1ccccc1)ON1C(=O)CCC1=O. The van der Waals surface area contributed by atoms with Crippen LogP contribution < -0.4 is 0 Å². The lowest BCUT2D eigenvalue weighted by molar-refractivity contribution is -0.197. The Morgan fingerprint density at radius 1 is 0.758 bits per heavy atom. The summed E-state index contributed by atoms with van der Waals surface area (Å²) >= 11 is 1.76. The van der Waals surface area contributed by atoms with Gasteiger partial charge in [0.1, 0.15) is 0 Å². The van der Waals surface area contributed by atoms with Gasteiger partial charge in [0.25, 0.3) is 11.8 Å². The Morgan fingerprint density at radius 2 is 1.18 bits per heavy atom. The van der Waals surface area contributed by atoms with Gasteiger partial charge in [-0.25, -0.2) is 4.79 Å². The summed E-state index contributed by atoms with van der Waals surface area (Å²) in [6, 6.07) is 31.0. The van der Waals surface area contributed by atoms with Crippen molar-refractivity contribution in [2.45, 2.75) is 30.4 Å². The molecule has 0 bridgehead atoms. The number of hydrogen-bond acceptors (Lipinski definition) is 5. The second-order valence-electron chi connectivity index (χ2n) is 7.78.